The molecule has 1 heterocycles. The first-order valence-electron chi connectivity index (χ1n) is 32.5. The summed E-state index contributed by atoms with van der Waals surface area (Å²) in [6.45, 7) is 4.69. The maximum atomic E-state index is 5.08. The summed E-state index contributed by atoms with van der Waals surface area (Å²) in [6.07, 6.45) is 0. The summed E-state index contributed by atoms with van der Waals surface area (Å²) in [7, 11) is 0. The summed E-state index contributed by atoms with van der Waals surface area (Å²) in [5.74, 6) is 1.87. The molecule has 14 aromatic carbocycles. The van der Waals surface area contributed by atoms with E-state index in [0.717, 1.165) is 95.3 Å². The fraction of sp³-hybridized carbons (Fsp3) is 0.0333. The molecular weight excluding hydrogens is 1150 g/mol. The molecule has 1 aliphatic rings. The fourth-order valence-corrected chi connectivity index (χ4v) is 13.6. The van der Waals surface area contributed by atoms with Gasteiger partial charge < -0.3 is 9.80 Å². The Morgan fingerprint density at radius 1 is 0.189 bits per heavy atom. The van der Waals surface area contributed by atoms with Gasteiger partial charge in [0.2, 0.25) is 0 Å². The fourth-order valence-electron chi connectivity index (χ4n) is 13.6. The summed E-state index contributed by atoms with van der Waals surface area (Å²) in [6, 6.07) is 129. The van der Waals surface area contributed by atoms with E-state index in [0.29, 0.717) is 17.5 Å². The average molecular weight is 1220 g/mol. The summed E-state index contributed by atoms with van der Waals surface area (Å²) in [4.78, 5) is 19.9. The second-order valence-electron chi connectivity index (χ2n) is 24.8. The SMILES string of the molecule is CC1(C)c2ccccc2-c2cc(N(c3ccc(-c4ccccc4)cc3)c3ccc(-c4cc(-c5ccc(-c6nc(-c7ccccc7)nc(-c7ccccc7)n6)cc5)cc(-c5ccc(N(c6cccc(-c7ccccc7)c6)c6cccc(-c7ccccc7)c6)cc5)c4)cc3)ccc21. The second-order valence-corrected chi connectivity index (χ2v) is 24.8. The zero-order chi connectivity index (χ0) is 63.7. The van der Waals surface area contributed by atoms with Gasteiger partial charge in [-0.3, -0.25) is 0 Å². The minimum absolute atomic E-state index is 0.107. The Morgan fingerprint density at radius 3 is 0.884 bits per heavy atom. The van der Waals surface area contributed by atoms with Gasteiger partial charge in [-0.05, 0) is 180 Å². The molecule has 1 aliphatic carbocycles. The van der Waals surface area contributed by atoms with Gasteiger partial charge in [-0.15, -0.1) is 0 Å². The summed E-state index contributed by atoms with van der Waals surface area (Å²) >= 11 is 0. The molecule has 5 heteroatoms. The summed E-state index contributed by atoms with van der Waals surface area (Å²) in [5, 5.41) is 0. The van der Waals surface area contributed by atoms with Gasteiger partial charge in [-0.25, -0.2) is 15.0 Å². The Hall–Kier alpha value is -12.3. The van der Waals surface area contributed by atoms with Gasteiger partial charge in [0.05, 0.1) is 0 Å². The molecule has 0 saturated heterocycles. The lowest BCUT2D eigenvalue weighted by molar-refractivity contribution is 0.660. The van der Waals surface area contributed by atoms with Crippen LogP contribution in [-0.2, 0) is 5.41 Å². The molecule has 450 valence electrons. The predicted octanol–water partition coefficient (Wildman–Crippen LogP) is 24.1. The van der Waals surface area contributed by atoms with Gasteiger partial charge in [0.25, 0.3) is 0 Å². The molecule has 5 nitrogen and oxygen atoms in total. The van der Waals surface area contributed by atoms with Gasteiger partial charge in [-0.2, -0.15) is 0 Å². The molecule has 0 spiro atoms. The zero-order valence-electron chi connectivity index (χ0n) is 52.8. The molecule has 0 amide bonds. The Bertz CT molecular complexity index is 5070. The normalized spacial score (nSPS) is 12.0. The highest BCUT2D eigenvalue weighted by atomic mass is 15.1. The molecule has 15 aromatic rings. The molecule has 95 heavy (non-hydrogen) atoms. The van der Waals surface area contributed by atoms with Crippen molar-refractivity contribution >= 4 is 34.1 Å². The number of hydrogen-bond donors (Lipinski definition) is 0. The zero-order valence-corrected chi connectivity index (χ0v) is 52.8. The van der Waals surface area contributed by atoms with Crippen molar-refractivity contribution < 1.29 is 0 Å². The van der Waals surface area contributed by atoms with E-state index in [1.165, 1.54) is 44.5 Å². The van der Waals surface area contributed by atoms with E-state index in [1.54, 1.807) is 0 Å². The molecule has 0 atom stereocenters. The van der Waals surface area contributed by atoms with E-state index in [9.17, 15) is 0 Å². The number of nitrogens with zero attached hydrogens (tertiary/aromatic N) is 5. The van der Waals surface area contributed by atoms with Gasteiger partial charge in [0.15, 0.2) is 17.5 Å². The Kier molecular flexibility index (Phi) is 15.3. The maximum absolute atomic E-state index is 5.08. The third kappa shape index (κ3) is 11.6. The highest BCUT2D eigenvalue weighted by Gasteiger charge is 2.35. The van der Waals surface area contributed by atoms with Crippen LogP contribution >= 0.6 is 0 Å². The minimum atomic E-state index is -0.107. The Balaban J connectivity index is 0.805. The number of hydrogen-bond acceptors (Lipinski definition) is 5. The van der Waals surface area contributed by atoms with Crippen LogP contribution in [0.5, 0.6) is 0 Å². The van der Waals surface area contributed by atoms with Crippen LogP contribution in [0.25, 0.3) is 112 Å². The van der Waals surface area contributed by atoms with Crippen molar-refractivity contribution in [3.63, 3.8) is 0 Å². The number of anilines is 6. The topological polar surface area (TPSA) is 45.2 Å². The van der Waals surface area contributed by atoms with Crippen LogP contribution in [-0.4, -0.2) is 15.0 Å². The lowest BCUT2D eigenvalue weighted by atomic mass is 9.82. The van der Waals surface area contributed by atoms with Gasteiger partial charge in [0.1, 0.15) is 0 Å². The van der Waals surface area contributed by atoms with Crippen LogP contribution in [0.4, 0.5) is 34.1 Å². The van der Waals surface area contributed by atoms with Crippen LogP contribution in [0.2, 0.25) is 0 Å². The first-order chi connectivity index (χ1) is 46.8. The van der Waals surface area contributed by atoms with E-state index in [2.05, 4.69) is 321 Å². The third-order valence-corrected chi connectivity index (χ3v) is 18.5. The van der Waals surface area contributed by atoms with Crippen LogP contribution in [0.1, 0.15) is 25.0 Å². The average Bonchev–Trinajstić information content (AvgIpc) is 1.47. The molecule has 0 bridgehead atoms. The van der Waals surface area contributed by atoms with Crippen molar-refractivity contribution in [3.8, 4) is 112 Å². The van der Waals surface area contributed by atoms with Crippen molar-refractivity contribution in [1.29, 1.82) is 0 Å². The molecule has 0 aliphatic heterocycles. The van der Waals surface area contributed by atoms with Crippen molar-refractivity contribution in [1.82, 2.24) is 15.0 Å². The van der Waals surface area contributed by atoms with Crippen LogP contribution in [0.15, 0.2) is 358 Å². The Morgan fingerprint density at radius 2 is 0.463 bits per heavy atom. The lowest BCUT2D eigenvalue weighted by Crippen LogP contribution is -2.15. The van der Waals surface area contributed by atoms with Crippen molar-refractivity contribution in [2.24, 2.45) is 0 Å². The maximum Gasteiger partial charge on any atom is 0.164 e. The summed E-state index contributed by atoms with van der Waals surface area (Å²) in [5.41, 5.74) is 27.9. The van der Waals surface area contributed by atoms with Crippen LogP contribution < -0.4 is 9.80 Å². The molecule has 1 aromatic heterocycles. The summed E-state index contributed by atoms with van der Waals surface area (Å²) < 4.78 is 0. The quantitative estimate of drug-likeness (QED) is 0.102. The standard InChI is InChI=1S/C90H65N5/c1-90(2)85-37-19-18-36-83(85)84-61-82(54-55-86(84)90)94(77-48-42-65(43-49-77)62-22-8-3-9-23-62)78-50-44-67(45-51-78)75-56-74(66-38-40-71(41-39-66)89-92-87(69-28-14-6-15-29-69)91-88(93-89)70-30-16-7-17-31-70)57-76(58-75)68-46-52-79(53-47-68)95(80-34-20-32-72(59-80)63-24-10-4-11-25-63)81-35-21-33-73(60-81)64-26-12-5-13-27-64/h3-61H,1-2H3. The largest absolute Gasteiger partial charge is 0.310 e. The number of rotatable bonds is 15. The number of benzene rings is 14. The van der Waals surface area contributed by atoms with E-state index < -0.39 is 0 Å². The number of fused-ring (bicyclic) bond motifs is 3. The Labute approximate surface area is 555 Å². The van der Waals surface area contributed by atoms with Gasteiger partial charge >= 0.3 is 0 Å². The molecule has 0 N–H and O–H groups in total. The van der Waals surface area contributed by atoms with E-state index in [-0.39, 0.29) is 5.41 Å². The molecule has 0 radical (unpaired) electrons. The van der Waals surface area contributed by atoms with Crippen LogP contribution in [0, 0.1) is 0 Å². The molecule has 0 unspecified atom stereocenters. The molecule has 16 rings (SSSR count). The van der Waals surface area contributed by atoms with Crippen molar-refractivity contribution in [2.45, 2.75) is 19.3 Å². The third-order valence-electron chi connectivity index (χ3n) is 18.5. The lowest BCUT2D eigenvalue weighted by Gasteiger charge is -2.27. The first kappa shape index (κ1) is 57.8. The molecule has 0 saturated carbocycles. The molecule has 0 fully saturated rings. The van der Waals surface area contributed by atoms with E-state index in [4.69, 9.17) is 15.0 Å². The minimum Gasteiger partial charge on any atom is -0.310 e. The molecular formula is C90H65N5. The first-order valence-corrected chi connectivity index (χ1v) is 32.5. The van der Waals surface area contributed by atoms with Crippen molar-refractivity contribution in [2.75, 3.05) is 9.80 Å². The number of aromatic nitrogens is 3. The van der Waals surface area contributed by atoms with E-state index in [1.807, 2.05) is 60.7 Å². The van der Waals surface area contributed by atoms with E-state index >= 15 is 0 Å². The van der Waals surface area contributed by atoms with Crippen LogP contribution in [0.3, 0.4) is 0 Å². The van der Waals surface area contributed by atoms with Crippen molar-refractivity contribution in [3.05, 3.63) is 369 Å². The predicted molar refractivity (Wildman–Crippen MR) is 396 cm³/mol. The monoisotopic (exact) mass is 1220 g/mol. The van der Waals surface area contributed by atoms with Gasteiger partial charge in [0, 0.05) is 56.2 Å². The second kappa shape index (κ2) is 25.1. The smallest absolute Gasteiger partial charge is 0.164 e. The van der Waals surface area contributed by atoms with Gasteiger partial charge in [-0.1, -0.05) is 281 Å². The highest BCUT2D eigenvalue weighted by molar-refractivity contribution is 5.90. The highest BCUT2D eigenvalue weighted by Crippen LogP contribution is 2.51.